The van der Waals surface area contributed by atoms with Gasteiger partial charge in [-0.1, -0.05) is 12.1 Å². The highest BCUT2D eigenvalue weighted by atomic mass is 19.4. The maximum atomic E-state index is 14.3. The summed E-state index contributed by atoms with van der Waals surface area (Å²) in [5.41, 5.74) is 1.15. The highest BCUT2D eigenvalue weighted by Crippen LogP contribution is 2.42. The summed E-state index contributed by atoms with van der Waals surface area (Å²) < 4.78 is 50.3. The molecule has 206 valence electrons. The van der Waals surface area contributed by atoms with E-state index < -0.39 is 17.6 Å². The Balaban J connectivity index is 1.33. The Morgan fingerprint density at radius 1 is 1.15 bits per heavy atom. The van der Waals surface area contributed by atoms with Crippen LogP contribution in [0.25, 0.3) is 0 Å². The molecule has 6 rings (SSSR count). The summed E-state index contributed by atoms with van der Waals surface area (Å²) in [4.78, 5) is 17.3. The van der Waals surface area contributed by atoms with Gasteiger partial charge in [-0.3, -0.25) is 9.69 Å². The van der Waals surface area contributed by atoms with Gasteiger partial charge in [0.25, 0.3) is 5.91 Å². The molecular weight excluding hydrogens is 509 g/mol. The van der Waals surface area contributed by atoms with E-state index >= 15 is 0 Å². The van der Waals surface area contributed by atoms with Crippen molar-refractivity contribution < 1.29 is 22.7 Å². The van der Waals surface area contributed by atoms with Crippen LogP contribution in [-0.2, 0) is 36.3 Å². The van der Waals surface area contributed by atoms with Crippen LogP contribution in [0, 0.1) is 0 Å². The Bertz CT molecular complexity index is 1390. The predicted molar refractivity (Wildman–Crippen MR) is 138 cm³/mol. The summed E-state index contributed by atoms with van der Waals surface area (Å²) in [7, 11) is 1.88. The average molecular weight is 541 g/mol. The number of hydrogen-bond donors (Lipinski definition) is 1. The number of aromatic nitrogens is 3. The number of anilines is 1. The Morgan fingerprint density at radius 3 is 2.56 bits per heavy atom. The first-order valence-corrected chi connectivity index (χ1v) is 13.2. The number of hydrogen-bond acceptors (Lipinski definition) is 6. The molecule has 2 aromatic carbocycles. The van der Waals surface area contributed by atoms with E-state index in [2.05, 4.69) is 20.4 Å². The first-order valence-electron chi connectivity index (χ1n) is 13.2. The molecule has 11 heteroatoms. The molecule has 1 amide bonds. The van der Waals surface area contributed by atoms with Gasteiger partial charge in [0, 0.05) is 62.4 Å². The maximum absolute atomic E-state index is 14.3. The molecule has 0 radical (unpaired) electrons. The molecule has 2 saturated heterocycles. The zero-order chi connectivity index (χ0) is 27.4. The first-order chi connectivity index (χ1) is 18.7. The molecule has 0 aliphatic carbocycles. The van der Waals surface area contributed by atoms with Gasteiger partial charge in [0.2, 0.25) is 0 Å². The van der Waals surface area contributed by atoms with E-state index in [0.717, 1.165) is 37.6 Å². The Kier molecular flexibility index (Phi) is 6.47. The fourth-order valence-corrected chi connectivity index (χ4v) is 5.91. The van der Waals surface area contributed by atoms with E-state index in [9.17, 15) is 18.0 Å². The molecule has 3 aliphatic rings. The largest absolute Gasteiger partial charge is 0.416 e. The third-order valence-corrected chi connectivity index (χ3v) is 8.38. The fraction of sp³-hybridized carbons (Fsp3) is 0.464. The average Bonchev–Trinajstić information content (AvgIpc) is 3.47. The lowest BCUT2D eigenvalue weighted by Gasteiger charge is -2.42. The highest BCUT2D eigenvalue weighted by molar-refractivity contribution is 6.10. The van der Waals surface area contributed by atoms with E-state index in [4.69, 9.17) is 4.74 Å². The second-order valence-corrected chi connectivity index (χ2v) is 10.8. The first kappa shape index (κ1) is 26.0. The number of carbonyl (C=O) groups excluding carboxylic acids is 1. The van der Waals surface area contributed by atoms with Crippen LogP contribution in [-0.4, -0.2) is 65.0 Å². The van der Waals surface area contributed by atoms with Crippen LogP contribution >= 0.6 is 0 Å². The lowest BCUT2D eigenvalue weighted by atomic mass is 9.75. The van der Waals surface area contributed by atoms with Gasteiger partial charge in [-0.2, -0.15) is 13.2 Å². The second-order valence-electron chi connectivity index (χ2n) is 10.8. The van der Waals surface area contributed by atoms with E-state index in [1.54, 1.807) is 18.5 Å². The molecule has 39 heavy (non-hydrogen) atoms. The SMILES string of the molecule is CC(c1cc2c(c(C(F)(F)F)c1)CN(c1cccc(C3(Cc4nncn4C)COC3)c1)C2=O)N1CCNCC1. The van der Waals surface area contributed by atoms with E-state index in [0.29, 0.717) is 30.9 Å². The van der Waals surface area contributed by atoms with Crippen LogP contribution in [0.15, 0.2) is 42.7 Å². The minimum atomic E-state index is -4.56. The Hall–Kier alpha value is -3.28. The number of rotatable bonds is 6. The van der Waals surface area contributed by atoms with E-state index in [1.165, 1.54) is 11.0 Å². The van der Waals surface area contributed by atoms with Crippen LogP contribution in [0.4, 0.5) is 18.9 Å². The Morgan fingerprint density at radius 2 is 1.92 bits per heavy atom. The van der Waals surface area contributed by atoms with Crippen molar-refractivity contribution in [3.05, 3.63) is 76.4 Å². The van der Waals surface area contributed by atoms with Crippen molar-refractivity contribution in [2.75, 3.05) is 44.3 Å². The molecule has 2 fully saturated rings. The third-order valence-electron chi connectivity index (χ3n) is 8.38. The third kappa shape index (κ3) is 4.62. The fourth-order valence-electron chi connectivity index (χ4n) is 5.91. The molecule has 0 spiro atoms. The zero-order valence-electron chi connectivity index (χ0n) is 22.0. The lowest BCUT2D eigenvalue weighted by molar-refractivity contribution is -0.138. The number of fused-ring (bicyclic) bond motifs is 1. The number of benzene rings is 2. The summed E-state index contributed by atoms with van der Waals surface area (Å²) in [6.07, 6.45) is -2.31. The van der Waals surface area contributed by atoms with Gasteiger partial charge < -0.3 is 19.5 Å². The van der Waals surface area contributed by atoms with Crippen molar-refractivity contribution in [2.24, 2.45) is 7.05 Å². The van der Waals surface area contributed by atoms with E-state index in [-0.39, 0.29) is 29.1 Å². The number of piperazine rings is 1. The van der Waals surface area contributed by atoms with Crippen molar-refractivity contribution in [2.45, 2.75) is 37.5 Å². The van der Waals surface area contributed by atoms with Gasteiger partial charge in [-0.05, 0) is 47.9 Å². The lowest BCUT2D eigenvalue weighted by Crippen LogP contribution is -2.49. The van der Waals surface area contributed by atoms with Gasteiger partial charge in [0.15, 0.2) is 0 Å². The molecular formula is C28H31F3N6O2. The van der Waals surface area contributed by atoms with Crippen molar-refractivity contribution in [3.63, 3.8) is 0 Å². The monoisotopic (exact) mass is 540 g/mol. The second kappa shape index (κ2) is 9.72. The smallest absolute Gasteiger partial charge is 0.379 e. The van der Waals surface area contributed by atoms with Crippen LogP contribution in [0.5, 0.6) is 0 Å². The maximum Gasteiger partial charge on any atom is 0.416 e. The molecule has 8 nitrogen and oxygen atoms in total. The molecule has 3 aromatic rings. The van der Waals surface area contributed by atoms with Crippen LogP contribution in [0.2, 0.25) is 0 Å². The number of halogens is 3. The summed E-state index contributed by atoms with van der Waals surface area (Å²) in [6.45, 7) is 5.82. The standard InChI is InChI=1S/C28H31F3N6O2/c1-18(36-8-6-32-7-9-36)19-10-22-23(24(11-19)28(29,30)31)14-37(26(22)38)21-5-3-4-20(12-21)27(15-39-16-27)13-25-34-33-17-35(25)2/h3-5,10-12,17-18,32H,6-9,13-16H2,1-2H3. The quantitative estimate of drug-likeness (QED) is 0.516. The zero-order valence-corrected chi connectivity index (χ0v) is 22.0. The molecule has 1 aromatic heterocycles. The highest BCUT2D eigenvalue weighted by Gasteiger charge is 2.44. The predicted octanol–water partition coefficient (Wildman–Crippen LogP) is 3.47. The molecule has 0 bridgehead atoms. The van der Waals surface area contributed by atoms with Gasteiger partial charge in [0.1, 0.15) is 12.2 Å². The Labute approximate surface area is 224 Å². The van der Waals surface area contributed by atoms with E-state index in [1.807, 2.05) is 36.7 Å². The van der Waals surface area contributed by atoms with Crippen LogP contribution in [0.3, 0.4) is 0 Å². The molecule has 1 atom stereocenters. The van der Waals surface area contributed by atoms with Crippen molar-refractivity contribution in [3.8, 4) is 0 Å². The van der Waals surface area contributed by atoms with Gasteiger partial charge >= 0.3 is 6.18 Å². The van der Waals surface area contributed by atoms with Crippen LogP contribution in [0.1, 0.15) is 51.4 Å². The number of ether oxygens (including phenoxy) is 1. The molecule has 4 heterocycles. The normalized spacial score (nSPS) is 20.1. The van der Waals surface area contributed by atoms with Crippen molar-refractivity contribution in [1.82, 2.24) is 25.0 Å². The topological polar surface area (TPSA) is 75.5 Å². The molecule has 0 saturated carbocycles. The summed E-state index contributed by atoms with van der Waals surface area (Å²) in [5, 5.41) is 11.5. The summed E-state index contributed by atoms with van der Waals surface area (Å²) in [5.74, 6) is 0.406. The molecule has 1 N–H and O–H groups in total. The molecule has 1 unspecified atom stereocenters. The number of carbonyl (C=O) groups is 1. The number of nitrogens with one attached hydrogen (secondary N) is 1. The van der Waals surface area contributed by atoms with Gasteiger partial charge in [-0.15, -0.1) is 10.2 Å². The number of amides is 1. The summed E-state index contributed by atoms with van der Waals surface area (Å²) in [6, 6.07) is 10.2. The van der Waals surface area contributed by atoms with Crippen molar-refractivity contribution in [1.29, 1.82) is 0 Å². The minimum absolute atomic E-state index is 0.0370. The van der Waals surface area contributed by atoms with Gasteiger partial charge in [-0.25, -0.2) is 0 Å². The number of alkyl halides is 3. The number of aryl methyl sites for hydroxylation is 1. The minimum Gasteiger partial charge on any atom is -0.379 e. The van der Waals surface area contributed by atoms with Crippen LogP contribution < -0.4 is 10.2 Å². The molecule has 3 aliphatic heterocycles. The summed E-state index contributed by atoms with van der Waals surface area (Å²) >= 11 is 0. The number of nitrogens with zero attached hydrogens (tertiary/aromatic N) is 5. The van der Waals surface area contributed by atoms with Gasteiger partial charge in [0.05, 0.1) is 25.3 Å². The van der Waals surface area contributed by atoms with Crippen molar-refractivity contribution >= 4 is 11.6 Å².